The zero-order chi connectivity index (χ0) is 13.0. The molecule has 0 atom stereocenters. The average molecular weight is 261 g/mol. The molecule has 0 aliphatic carbocycles. The number of thiocarbonyl (C=S) groups is 1. The van der Waals surface area contributed by atoms with E-state index >= 15 is 0 Å². The van der Waals surface area contributed by atoms with Crippen LogP contribution in [0.4, 0.5) is 5.69 Å². The van der Waals surface area contributed by atoms with Gasteiger partial charge >= 0.3 is 0 Å². The maximum atomic E-state index is 5.68. The smallest absolute Gasteiger partial charge is 0.152 e. The standard InChI is InChI=1S/C12H15N5S/c1-2-17-8-15-16-11(17)7-14-10-6-4-3-5-9(10)12(13)18/h3-6,8,14H,2,7H2,1H3,(H2,13,18). The molecule has 0 fully saturated rings. The van der Waals surface area contributed by atoms with Crippen molar-refractivity contribution in [1.82, 2.24) is 14.8 Å². The lowest BCUT2D eigenvalue weighted by atomic mass is 10.2. The van der Waals surface area contributed by atoms with Crippen LogP contribution in [0.1, 0.15) is 18.3 Å². The van der Waals surface area contributed by atoms with Gasteiger partial charge in [-0.05, 0) is 19.1 Å². The summed E-state index contributed by atoms with van der Waals surface area (Å²) in [5.41, 5.74) is 7.43. The number of nitrogens with zero attached hydrogens (tertiary/aromatic N) is 3. The van der Waals surface area contributed by atoms with Gasteiger partial charge < -0.3 is 15.6 Å². The molecule has 18 heavy (non-hydrogen) atoms. The Bertz CT molecular complexity index is 549. The summed E-state index contributed by atoms with van der Waals surface area (Å²) in [6.45, 7) is 3.49. The van der Waals surface area contributed by atoms with Crippen LogP contribution in [0.25, 0.3) is 0 Å². The first kappa shape index (κ1) is 12.5. The zero-order valence-electron chi connectivity index (χ0n) is 10.1. The lowest BCUT2D eigenvalue weighted by Gasteiger charge is -2.10. The fourth-order valence-corrected chi connectivity index (χ4v) is 1.88. The van der Waals surface area contributed by atoms with E-state index < -0.39 is 0 Å². The van der Waals surface area contributed by atoms with Gasteiger partial charge in [-0.3, -0.25) is 0 Å². The molecule has 3 N–H and O–H groups in total. The number of aromatic nitrogens is 3. The number of nitrogens with one attached hydrogen (secondary N) is 1. The molecule has 0 spiro atoms. The first-order valence-corrected chi connectivity index (χ1v) is 6.12. The number of aryl methyl sites for hydroxylation is 1. The number of hydrogen-bond acceptors (Lipinski definition) is 4. The number of rotatable bonds is 5. The van der Waals surface area contributed by atoms with Crippen LogP contribution in [-0.4, -0.2) is 19.8 Å². The number of hydrogen-bond donors (Lipinski definition) is 2. The van der Waals surface area contributed by atoms with Gasteiger partial charge in [-0.25, -0.2) is 0 Å². The van der Waals surface area contributed by atoms with Crippen LogP contribution < -0.4 is 11.1 Å². The second-order valence-electron chi connectivity index (χ2n) is 3.80. The van der Waals surface area contributed by atoms with E-state index in [4.69, 9.17) is 18.0 Å². The number of anilines is 1. The van der Waals surface area contributed by atoms with E-state index in [0.717, 1.165) is 23.6 Å². The molecule has 0 saturated heterocycles. The van der Waals surface area contributed by atoms with Crippen molar-refractivity contribution < 1.29 is 0 Å². The number of para-hydroxylation sites is 1. The summed E-state index contributed by atoms with van der Waals surface area (Å²) in [5.74, 6) is 0.884. The SMILES string of the molecule is CCn1cnnc1CNc1ccccc1C(N)=S. The van der Waals surface area contributed by atoms with Crippen LogP contribution in [0.2, 0.25) is 0 Å². The third kappa shape index (κ3) is 2.65. The summed E-state index contributed by atoms with van der Waals surface area (Å²) in [5, 5.41) is 11.2. The van der Waals surface area contributed by atoms with Gasteiger partial charge in [-0.2, -0.15) is 0 Å². The van der Waals surface area contributed by atoms with Crippen LogP contribution in [-0.2, 0) is 13.1 Å². The van der Waals surface area contributed by atoms with Crippen molar-refractivity contribution in [2.75, 3.05) is 5.32 Å². The molecule has 2 rings (SSSR count). The number of benzene rings is 1. The largest absolute Gasteiger partial charge is 0.389 e. The topological polar surface area (TPSA) is 68.8 Å². The first-order valence-electron chi connectivity index (χ1n) is 5.71. The highest BCUT2D eigenvalue weighted by molar-refractivity contribution is 7.80. The minimum absolute atomic E-state index is 0.384. The molecule has 1 heterocycles. The van der Waals surface area contributed by atoms with Gasteiger partial charge in [0.15, 0.2) is 5.82 Å². The van der Waals surface area contributed by atoms with Crippen molar-refractivity contribution >= 4 is 22.9 Å². The molecule has 0 aliphatic heterocycles. The van der Waals surface area contributed by atoms with Crippen LogP contribution in [0.5, 0.6) is 0 Å². The van der Waals surface area contributed by atoms with Gasteiger partial charge in [0, 0.05) is 17.8 Å². The molecule has 1 aromatic heterocycles. The molecular weight excluding hydrogens is 246 g/mol. The van der Waals surface area contributed by atoms with Crippen molar-refractivity contribution in [2.24, 2.45) is 5.73 Å². The Morgan fingerprint density at radius 3 is 2.94 bits per heavy atom. The van der Waals surface area contributed by atoms with Gasteiger partial charge in [-0.1, -0.05) is 24.4 Å². The maximum Gasteiger partial charge on any atom is 0.152 e. The maximum absolute atomic E-state index is 5.68. The Kier molecular flexibility index (Phi) is 3.88. The second kappa shape index (κ2) is 5.59. The Labute approximate surface area is 111 Å². The third-order valence-electron chi connectivity index (χ3n) is 2.67. The minimum atomic E-state index is 0.384. The normalized spacial score (nSPS) is 10.3. The highest BCUT2D eigenvalue weighted by Crippen LogP contribution is 2.15. The Hall–Kier alpha value is -1.95. The van der Waals surface area contributed by atoms with E-state index in [-0.39, 0.29) is 0 Å². The third-order valence-corrected chi connectivity index (χ3v) is 2.89. The summed E-state index contributed by atoms with van der Waals surface area (Å²) in [7, 11) is 0. The summed E-state index contributed by atoms with van der Waals surface area (Å²) >= 11 is 5.02. The Morgan fingerprint density at radius 1 is 1.44 bits per heavy atom. The van der Waals surface area contributed by atoms with Gasteiger partial charge in [0.1, 0.15) is 11.3 Å². The highest BCUT2D eigenvalue weighted by Gasteiger charge is 2.06. The molecule has 0 aliphatic rings. The van der Waals surface area contributed by atoms with Crippen LogP contribution >= 0.6 is 12.2 Å². The van der Waals surface area contributed by atoms with Crippen LogP contribution in [0, 0.1) is 0 Å². The van der Waals surface area contributed by atoms with E-state index in [1.807, 2.05) is 28.8 Å². The van der Waals surface area contributed by atoms with E-state index in [1.165, 1.54) is 0 Å². The van der Waals surface area contributed by atoms with E-state index in [9.17, 15) is 0 Å². The second-order valence-corrected chi connectivity index (χ2v) is 4.24. The predicted molar refractivity (Wildman–Crippen MR) is 75.4 cm³/mol. The van der Waals surface area contributed by atoms with Gasteiger partial charge in [0.25, 0.3) is 0 Å². The summed E-state index contributed by atoms with van der Waals surface area (Å²) < 4.78 is 1.98. The van der Waals surface area contributed by atoms with Gasteiger partial charge in [0.2, 0.25) is 0 Å². The monoisotopic (exact) mass is 261 g/mol. The van der Waals surface area contributed by atoms with Crippen molar-refractivity contribution in [1.29, 1.82) is 0 Å². The molecule has 5 nitrogen and oxygen atoms in total. The molecular formula is C12H15N5S. The molecule has 6 heteroatoms. The molecule has 0 saturated carbocycles. The van der Waals surface area contributed by atoms with Crippen LogP contribution in [0.15, 0.2) is 30.6 Å². The fraction of sp³-hybridized carbons (Fsp3) is 0.250. The quantitative estimate of drug-likeness (QED) is 0.799. The molecule has 0 amide bonds. The fourth-order valence-electron chi connectivity index (χ4n) is 1.71. The molecule has 0 radical (unpaired) electrons. The molecule has 0 bridgehead atoms. The molecule has 2 aromatic rings. The van der Waals surface area contributed by atoms with E-state index in [0.29, 0.717) is 11.5 Å². The predicted octanol–water partition coefficient (Wildman–Crippen LogP) is 1.54. The summed E-state index contributed by atoms with van der Waals surface area (Å²) in [4.78, 5) is 0.384. The van der Waals surface area contributed by atoms with Gasteiger partial charge in [-0.15, -0.1) is 10.2 Å². The van der Waals surface area contributed by atoms with Gasteiger partial charge in [0.05, 0.1) is 6.54 Å². The number of nitrogens with two attached hydrogens (primary N) is 1. The van der Waals surface area contributed by atoms with Crippen molar-refractivity contribution in [3.63, 3.8) is 0 Å². The molecule has 1 aromatic carbocycles. The highest BCUT2D eigenvalue weighted by atomic mass is 32.1. The van der Waals surface area contributed by atoms with Crippen molar-refractivity contribution in [3.8, 4) is 0 Å². The Morgan fingerprint density at radius 2 is 2.22 bits per heavy atom. The molecule has 94 valence electrons. The Balaban J connectivity index is 2.13. The van der Waals surface area contributed by atoms with E-state index in [2.05, 4.69) is 22.4 Å². The minimum Gasteiger partial charge on any atom is -0.389 e. The summed E-state index contributed by atoms with van der Waals surface area (Å²) in [6.07, 6.45) is 1.72. The van der Waals surface area contributed by atoms with Crippen molar-refractivity contribution in [3.05, 3.63) is 42.0 Å². The van der Waals surface area contributed by atoms with E-state index in [1.54, 1.807) is 6.33 Å². The summed E-state index contributed by atoms with van der Waals surface area (Å²) in [6, 6.07) is 7.69. The van der Waals surface area contributed by atoms with Crippen molar-refractivity contribution in [2.45, 2.75) is 20.0 Å². The first-order chi connectivity index (χ1) is 8.72. The lowest BCUT2D eigenvalue weighted by molar-refractivity contribution is 0.708. The molecule has 0 unspecified atom stereocenters. The average Bonchev–Trinajstić information content (AvgIpc) is 2.84. The van der Waals surface area contributed by atoms with Crippen LogP contribution in [0.3, 0.4) is 0 Å². The zero-order valence-corrected chi connectivity index (χ0v) is 10.9. The lowest BCUT2D eigenvalue weighted by Crippen LogP contribution is -2.14.